The van der Waals surface area contributed by atoms with E-state index in [4.69, 9.17) is 23.2 Å². The highest BCUT2D eigenvalue weighted by Crippen LogP contribution is 2.25. The lowest BCUT2D eigenvalue weighted by Gasteiger charge is -2.09. The van der Waals surface area contributed by atoms with Crippen molar-refractivity contribution in [1.29, 1.82) is 0 Å². The van der Waals surface area contributed by atoms with Crippen molar-refractivity contribution in [2.75, 3.05) is 5.32 Å². The minimum Gasteiger partial charge on any atom is -0.324 e. The van der Waals surface area contributed by atoms with E-state index in [0.29, 0.717) is 11.6 Å². The Bertz CT molecular complexity index is 621. The molecule has 21 heavy (non-hydrogen) atoms. The summed E-state index contributed by atoms with van der Waals surface area (Å²) in [5.41, 5.74) is 4.11. The highest BCUT2D eigenvalue weighted by atomic mass is 35.5. The first-order valence-corrected chi connectivity index (χ1v) is 7.64. The molecule has 0 spiro atoms. The molecule has 1 amide bonds. The van der Waals surface area contributed by atoms with E-state index in [1.54, 1.807) is 6.07 Å². The molecular weight excluding hydrogens is 305 g/mol. The van der Waals surface area contributed by atoms with Gasteiger partial charge in [0.2, 0.25) is 0 Å². The molecule has 0 aliphatic rings. The maximum atomic E-state index is 11.5. The number of anilines is 1. The maximum absolute atomic E-state index is 11.5. The Hall–Kier alpha value is -1.51. The van der Waals surface area contributed by atoms with Gasteiger partial charge in [-0.05, 0) is 34.7 Å². The minimum absolute atomic E-state index is 0.425. The first-order valence-electron chi connectivity index (χ1n) is 6.77. The highest BCUT2D eigenvalue weighted by Gasteiger charge is 2.11. The van der Waals surface area contributed by atoms with Gasteiger partial charge in [0.1, 0.15) is 0 Å². The van der Waals surface area contributed by atoms with Crippen molar-refractivity contribution in [2.24, 2.45) is 0 Å². The first-order chi connectivity index (χ1) is 9.97. The molecule has 0 atom stereocenters. The predicted octanol–water partition coefficient (Wildman–Crippen LogP) is 5.22. The molecule has 0 radical (unpaired) electrons. The zero-order chi connectivity index (χ0) is 15.4. The van der Waals surface area contributed by atoms with Gasteiger partial charge in [-0.15, -0.1) is 0 Å². The number of benzene rings is 2. The average molecular weight is 322 g/mol. The normalized spacial score (nSPS) is 11.0. The quantitative estimate of drug-likeness (QED) is 0.768. The number of carbonyl (C=O) groups is 1. The van der Waals surface area contributed by atoms with Crippen molar-refractivity contribution in [3.05, 3.63) is 54.1 Å². The standard InChI is InChI=1S/C17H17Cl2NO/c1-11(2)12-6-8-13(9-7-12)14-4-3-5-15(10-14)20-17(21)16(18)19/h3-11,16H,1-2H3,(H,20,21). The number of rotatable bonds is 4. The monoisotopic (exact) mass is 321 g/mol. The SMILES string of the molecule is CC(C)c1ccc(-c2cccc(NC(=O)C(Cl)Cl)c2)cc1. The van der Waals surface area contributed by atoms with Crippen molar-refractivity contribution < 1.29 is 4.79 Å². The summed E-state index contributed by atoms with van der Waals surface area (Å²) in [6.45, 7) is 4.33. The first kappa shape index (κ1) is 15.9. The van der Waals surface area contributed by atoms with Crippen LogP contribution in [0.1, 0.15) is 25.3 Å². The van der Waals surface area contributed by atoms with Gasteiger partial charge in [0.25, 0.3) is 5.91 Å². The van der Waals surface area contributed by atoms with Gasteiger partial charge in [0.05, 0.1) is 0 Å². The molecule has 0 aromatic heterocycles. The van der Waals surface area contributed by atoms with Crippen molar-refractivity contribution in [2.45, 2.75) is 24.6 Å². The number of carbonyl (C=O) groups excluding carboxylic acids is 1. The Balaban J connectivity index is 2.22. The Labute approximate surface area is 135 Å². The van der Waals surface area contributed by atoms with E-state index < -0.39 is 10.7 Å². The molecule has 1 N–H and O–H groups in total. The molecule has 2 nitrogen and oxygen atoms in total. The van der Waals surface area contributed by atoms with E-state index in [0.717, 1.165) is 11.1 Å². The van der Waals surface area contributed by atoms with Crippen LogP contribution in [0.25, 0.3) is 11.1 Å². The molecule has 110 valence electrons. The summed E-state index contributed by atoms with van der Waals surface area (Å²) in [6, 6.07) is 16.0. The molecule has 2 aromatic rings. The zero-order valence-electron chi connectivity index (χ0n) is 11.9. The third-order valence-electron chi connectivity index (χ3n) is 3.24. The van der Waals surface area contributed by atoms with E-state index >= 15 is 0 Å². The second kappa shape index (κ2) is 6.97. The van der Waals surface area contributed by atoms with Crippen molar-refractivity contribution in [1.82, 2.24) is 0 Å². The molecule has 0 saturated carbocycles. The van der Waals surface area contributed by atoms with Crippen LogP contribution in [0.2, 0.25) is 0 Å². The lowest BCUT2D eigenvalue weighted by atomic mass is 9.98. The molecule has 0 aliphatic carbocycles. The molecule has 4 heteroatoms. The topological polar surface area (TPSA) is 29.1 Å². The fourth-order valence-corrected chi connectivity index (χ4v) is 2.14. The lowest BCUT2D eigenvalue weighted by molar-refractivity contribution is -0.114. The van der Waals surface area contributed by atoms with Crippen LogP contribution in [-0.4, -0.2) is 10.7 Å². The van der Waals surface area contributed by atoms with Crippen molar-refractivity contribution >= 4 is 34.8 Å². The molecule has 0 fully saturated rings. The minimum atomic E-state index is -1.07. The smallest absolute Gasteiger partial charge is 0.257 e. The fraction of sp³-hybridized carbons (Fsp3) is 0.235. The predicted molar refractivity (Wildman–Crippen MR) is 90.1 cm³/mol. The average Bonchev–Trinajstić information content (AvgIpc) is 2.47. The van der Waals surface area contributed by atoms with Gasteiger partial charge in [0, 0.05) is 5.69 Å². The van der Waals surface area contributed by atoms with Crippen LogP contribution < -0.4 is 5.32 Å². The van der Waals surface area contributed by atoms with Gasteiger partial charge in [-0.25, -0.2) is 0 Å². The number of alkyl halides is 2. The summed E-state index contributed by atoms with van der Waals surface area (Å²) >= 11 is 11.1. The van der Waals surface area contributed by atoms with Gasteiger partial charge >= 0.3 is 0 Å². The number of halogens is 2. The zero-order valence-corrected chi connectivity index (χ0v) is 13.4. The van der Waals surface area contributed by atoms with E-state index in [1.807, 2.05) is 18.2 Å². The van der Waals surface area contributed by atoms with Crippen molar-refractivity contribution in [3.8, 4) is 11.1 Å². The summed E-state index contributed by atoms with van der Waals surface area (Å²) in [5.74, 6) is 0.0830. The summed E-state index contributed by atoms with van der Waals surface area (Å²) in [4.78, 5) is 10.4. The van der Waals surface area contributed by atoms with Crippen molar-refractivity contribution in [3.63, 3.8) is 0 Å². The Morgan fingerprint density at radius 3 is 2.24 bits per heavy atom. The second-order valence-corrected chi connectivity index (χ2v) is 6.24. The fourth-order valence-electron chi connectivity index (χ4n) is 2.03. The van der Waals surface area contributed by atoms with Crippen LogP contribution in [0.3, 0.4) is 0 Å². The molecule has 0 unspecified atom stereocenters. The Morgan fingerprint density at radius 1 is 1.00 bits per heavy atom. The molecular formula is C17H17Cl2NO. The maximum Gasteiger partial charge on any atom is 0.257 e. The molecule has 2 aromatic carbocycles. The van der Waals surface area contributed by atoms with Gasteiger partial charge in [-0.1, -0.05) is 73.4 Å². The van der Waals surface area contributed by atoms with E-state index in [2.05, 4.69) is 43.4 Å². The third kappa shape index (κ3) is 4.23. The van der Waals surface area contributed by atoms with Gasteiger partial charge in [-0.2, -0.15) is 0 Å². The molecule has 0 saturated heterocycles. The summed E-state index contributed by atoms with van der Waals surface area (Å²) in [5, 5.41) is 2.68. The number of nitrogens with one attached hydrogen (secondary N) is 1. The number of hydrogen-bond donors (Lipinski definition) is 1. The molecule has 2 rings (SSSR count). The Kier molecular flexibility index (Phi) is 5.27. The molecule has 0 aliphatic heterocycles. The highest BCUT2D eigenvalue weighted by molar-refractivity contribution is 6.54. The van der Waals surface area contributed by atoms with Crippen LogP contribution in [0, 0.1) is 0 Å². The largest absolute Gasteiger partial charge is 0.324 e. The third-order valence-corrected chi connectivity index (χ3v) is 3.64. The van der Waals surface area contributed by atoms with Crippen LogP contribution >= 0.6 is 23.2 Å². The molecule has 0 heterocycles. The van der Waals surface area contributed by atoms with Crippen LogP contribution in [0.5, 0.6) is 0 Å². The lowest BCUT2D eigenvalue weighted by Crippen LogP contribution is -2.18. The van der Waals surface area contributed by atoms with E-state index in [9.17, 15) is 4.79 Å². The van der Waals surface area contributed by atoms with Gasteiger partial charge in [0.15, 0.2) is 4.84 Å². The van der Waals surface area contributed by atoms with Crippen LogP contribution in [0.15, 0.2) is 48.5 Å². The Morgan fingerprint density at radius 2 is 1.67 bits per heavy atom. The van der Waals surface area contributed by atoms with Gasteiger partial charge < -0.3 is 5.32 Å². The van der Waals surface area contributed by atoms with E-state index in [1.165, 1.54) is 5.56 Å². The summed E-state index contributed by atoms with van der Waals surface area (Å²) in [7, 11) is 0. The number of hydrogen-bond acceptors (Lipinski definition) is 1. The van der Waals surface area contributed by atoms with E-state index in [-0.39, 0.29) is 0 Å². The van der Waals surface area contributed by atoms with Crippen LogP contribution in [0.4, 0.5) is 5.69 Å². The van der Waals surface area contributed by atoms with Gasteiger partial charge in [-0.3, -0.25) is 4.79 Å². The second-order valence-electron chi connectivity index (χ2n) is 5.15. The molecule has 0 bridgehead atoms. The van der Waals surface area contributed by atoms with Crippen LogP contribution in [-0.2, 0) is 4.79 Å². The summed E-state index contributed by atoms with van der Waals surface area (Å²) in [6.07, 6.45) is 0. The summed E-state index contributed by atoms with van der Waals surface area (Å²) < 4.78 is 0. The number of amides is 1.